The Kier molecular flexibility index (Phi) is 3.77. The fourth-order valence-electron chi connectivity index (χ4n) is 2.28. The van der Waals surface area contributed by atoms with Crippen molar-refractivity contribution in [2.24, 2.45) is 0 Å². The zero-order valence-corrected chi connectivity index (χ0v) is 12.5. The Morgan fingerprint density at radius 2 is 2.14 bits per heavy atom. The summed E-state index contributed by atoms with van der Waals surface area (Å²) in [6.07, 6.45) is -0.385. The predicted octanol–water partition coefficient (Wildman–Crippen LogP) is 3.45. The third-order valence-electron chi connectivity index (χ3n) is 3.40. The summed E-state index contributed by atoms with van der Waals surface area (Å²) in [5.41, 5.74) is 2.07. The van der Waals surface area contributed by atoms with Gasteiger partial charge in [-0.1, -0.05) is 6.07 Å². The van der Waals surface area contributed by atoms with Gasteiger partial charge in [0.15, 0.2) is 11.0 Å². The third kappa shape index (κ3) is 2.65. The summed E-state index contributed by atoms with van der Waals surface area (Å²) < 4.78 is 10.0. The molecular weight excluding hydrogens is 308 g/mol. The Morgan fingerprint density at radius 1 is 1.32 bits per heavy atom. The van der Waals surface area contributed by atoms with Gasteiger partial charge in [0.05, 0.1) is 12.2 Å². The molecule has 114 valence electrons. The average Bonchev–Trinajstić information content (AvgIpc) is 3.10. The molecule has 1 aliphatic rings. The van der Waals surface area contributed by atoms with Crippen molar-refractivity contribution in [3.8, 4) is 0 Å². The number of hydrogen-bond donors (Lipinski definition) is 1. The van der Waals surface area contributed by atoms with Crippen molar-refractivity contribution in [1.29, 1.82) is 0 Å². The first-order valence-electron chi connectivity index (χ1n) is 6.67. The van der Waals surface area contributed by atoms with Gasteiger partial charge in [-0.25, -0.2) is 4.79 Å². The molecule has 3 rings (SSSR count). The van der Waals surface area contributed by atoms with E-state index in [4.69, 9.17) is 20.8 Å². The summed E-state index contributed by atoms with van der Waals surface area (Å²) in [5.74, 6) is -0.286. The maximum atomic E-state index is 12.1. The van der Waals surface area contributed by atoms with Crippen molar-refractivity contribution in [2.45, 2.75) is 6.92 Å². The number of halogens is 1. The number of furan rings is 1. The van der Waals surface area contributed by atoms with Crippen molar-refractivity contribution in [1.82, 2.24) is 0 Å². The Labute approximate surface area is 131 Å². The zero-order valence-electron chi connectivity index (χ0n) is 11.8. The molecule has 1 aromatic heterocycles. The third-order valence-corrected chi connectivity index (χ3v) is 3.61. The highest BCUT2D eigenvalue weighted by Gasteiger charge is 2.25. The number of hydrogen-bond acceptors (Lipinski definition) is 4. The molecule has 22 heavy (non-hydrogen) atoms. The van der Waals surface area contributed by atoms with E-state index in [2.05, 4.69) is 5.32 Å². The number of cyclic esters (lactones) is 1. The van der Waals surface area contributed by atoms with Crippen molar-refractivity contribution < 1.29 is 18.7 Å². The molecule has 0 radical (unpaired) electrons. The second-order valence-electron chi connectivity index (χ2n) is 4.77. The molecule has 1 aromatic carbocycles. The largest absolute Gasteiger partial charge is 0.447 e. The first-order chi connectivity index (χ1) is 10.6. The second-order valence-corrected chi connectivity index (χ2v) is 5.15. The van der Waals surface area contributed by atoms with E-state index in [-0.39, 0.29) is 17.1 Å². The molecular formula is C15H13ClN2O4. The lowest BCUT2D eigenvalue weighted by molar-refractivity contribution is 0.0996. The van der Waals surface area contributed by atoms with Gasteiger partial charge in [-0.2, -0.15) is 0 Å². The molecule has 0 atom stereocenters. The number of amides is 2. The zero-order chi connectivity index (χ0) is 15.7. The summed E-state index contributed by atoms with van der Waals surface area (Å²) >= 11 is 5.66. The maximum absolute atomic E-state index is 12.1. The molecule has 7 heteroatoms. The minimum absolute atomic E-state index is 0.121. The molecule has 0 bridgehead atoms. The standard InChI is InChI=1S/C15H13ClN2O4/c1-9-10(17-14(19)12-5-6-13(16)22-12)3-2-4-11(9)18-7-8-21-15(18)20/h2-6H,7-8H2,1H3,(H,17,19). The van der Waals surface area contributed by atoms with Crippen LogP contribution in [0, 0.1) is 6.92 Å². The van der Waals surface area contributed by atoms with Crippen LogP contribution in [0.3, 0.4) is 0 Å². The molecule has 1 aliphatic heterocycles. The molecule has 0 spiro atoms. The van der Waals surface area contributed by atoms with Gasteiger partial charge in [0.25, 0.3) is 5.91 Å². The van der Waals surface area contributed by atoms with Crippen LogP contribution in [-0.4, -0.2) is 25.2 Å². The molecule has 2 amide bonds. The van der Waals surface area contributed by atoms with Crippen molar-refractivity contribution in [2.75, 3.05) is 23.4 Å². The van der Waals surface area contributed by atoms with Crippen LogP contribution < -0.4 is 10.2 Å². The van der Waals surface area contributed by atoms with Crippen LogP contribution >= 0.6 is 11.6 Å². The molecule has 0 unspecified atom stereocenters. The average molecular weight is 321 g/mol. The van der Waals surface area contributed by atoms with Crippen LogP contribution in [0.2, 0.25) is 5.22 Å². The Morgan fingerprint density at radius 3 is 2.77 bits per heavy atom. The number of carbonyl (C=O) groups excluding carboxylic acids is 2. The van der Waals surface area contributed by atoms with E-state index in [1.807, 2.05) is 6.92 Å². The lowest BCUT2D eigenvalue weighted by Gasteiger charge is -2.18. The van der Waals surface area contributed by atoms with Crippen LogP contribution in [0.5, 0.6) is 0 Å². The van der Waals surface area contributed by atoms with Gasteiger partial charge in [-0.05, 0) is 48.4 Å². The fraction of sp³-hybridized carbons (Fsp3) is 0.200. The number of ether oxygens (including phenoxy) is 1. The predicted molar refractivity (Wildman–Crippen MR) is 81.5 cm³/mol. The number of nitrogens with one attached hydrogen (secondary N) is 1. The Hall–Kier alpha value is -2.47. The monoisotopic (exact) mass is 320 g/mol. The van der Waals surface area contributed by atoms with Gasteiger partial charge in [0.2, 0.25) is 0 Å². The molecule has 0 saturated carbocycles. The van der Waals surface area contributed by atoms with Gasteiger partial charge >= 0.3 is 6.09 Å². The first-order valence-corrected chi connectivity index (χ1v) is 7.04. The number of anilines is 2. The molecule has 1 saturated heterocycles. The summed E-state index contributed by atoms with van der Waals surface area (Å²) in [4.78, 5) is 25.3. The summed E-state index contributed by atoms with van der Waals surface area (Å²) in [6.45, 7) is 2.68. The number of carbonyl (C=O) groups is 2. The van der Waals surface area contributed by atoms with Crippen molar-refractivity contribution in [3.63, 3.8) is 0 Å². The fourth-order valence-corrected chi connectivity index (χ4v) is 2.43. The highest BCUT2D eigenvalue weighted by Crippen LogP contribution is 2.29. The maximum Gasteiger partial charge on any atom is 0.414 e. The summed E-state index contributed by atoms with van der Waals surface area (Å²) in [6, 6.07) is 8.32. The Bertz CT molecular complexity index is 741. The van der Waals surface area contributed by atoms with E-state index in [0.29, 0.717) is 24.5 Å². The van der Waals surface area contributed by atoms with Crippen LogP contribution in [0.4, 0.5) is 16.2 Å². The molecule has 0 aliphatic carbocycles. The minimum Gasteiger partial charge on any atom is -0.447 e. The summed E-state index contributed by atoms with van der Waals surface area (Å²) in [7, 11) is 0. The second kappa shape index (κ2) is 5.73. The molecule has 1 fully saturated rings. The molecule has 6 nitrogen and oxygen atoms in total. The van der Waals surface area contributed by atoms with E-state index in [9.17, 15) is 9.59 Å². The topological polar surface area (TPSA) is 71.8 Å². The molecule has 2 heterocycles. The molecule has 2 aromatic rings. The van der Waals surface area contributed by atoms with Crippen LogP contribution in [0.1, 0.15) is 16.1 Å². The van der Waals surface area contributed by atoms with E-state index in [1.54, 1.807) is 18.2 Å². The van der Waals surface area contributed by atoms with E-state index in [1.165, 1.54) is 17.0 Å². The van der Waals surface area contributed by atoms with Crippen molar-refractivity contribution >= 4 is 35.0 Å². The number of rotatable bonds is 3. The van der Waals surface area contributed by atoms with Gasteiger partial charge < -0.3 is 14.5 Å². The lowest BCUT2D eigenvalue weighted by Crippen LogP contribution is -2.24. The van der Waals surface area contributed by atoms with Gasteiger partial charge in [0.1, 0.15) is 6.61 Å². The van der Waals surface area contributed by atoms with Crippen LogP contribution in [0.15, 0.2) is 34.7 Å². The number of nitrogens with zero attached hydrogens (tertiary/aromatic N) is 1. The van der Waals surface area contributed by atoms with Gasteiger partial charge in [0, 0.05) is 5.69 Å². The lowest BCUT2D eigenvalue weighted by atomic mass is 10.1. The summed E-state index contributed by atoms with van der Waals surface area (Å²) in [5, 5.41) is 2.90. The SMILES string of the molecule is Cc1c(NC(=O)c2ccc(Cl)o2)cccc1N1CCOC1=O. The highest BCUT2D eigenvalue weighted by atomic mass is 35.5. The van der Waals surface area contributed by atoms with Crippen LogP contribution in [0.25, 0.3) is 0 Å². The molecule has 1 N–H and O–H groups in total. The Balaban J connectivity index is 1.85. The van der Waals surface area contributed by atoms with Crippen LogP contribution in [-0.2, 0) is 4.74 Å². The van der Waals surface area contributed by atoms with Crippen molar-refractivity contribution in [3.05, 3.63) is 46.9 Å². The van der Waals surface area contributed by atoms with Gasteiger partial charge in [-0.3, -0.25) is 9.69 Å². The minimum atomic E-state index is -0.406. The van der Waals surface area contributed by atoms with Gasteiger partial charge in [-0.15, -0.1) is 0 Å². The van der Waals surface area contributed by atoms with E-state index in [0.717, 1.165) is 5.56 Å². The normalized spacial score (nSPS) is 14.1. The first kappa shape index (κ1) is 14.5. The highest BCUT2D eigenvalue weighted by molar-refractivity contribution is 6.29. The van der Waals surface area contributed by atoms with E-state index >= 15 is 0 Å². The number of benzene rings is 1. The quantitative estimate of drug-likeness (QED) is 0.940. The smallest absolute Gasteiger partial charge is 0.414 e. The van der Waals surface area contributed by atoms with E-state index < -0.39 is 5.91 Å².